The zero-order valence-electron chi connectivity index (χ0n) is 10.5. The second kappa shape index (κ2) is 5.17. The van der Waals surface area contributed by atoms with Gasteiger partial charge in [0.25, 0.3) is 5.91 Å². The molecule has 1 fully saturated rings. The topological polar surface area (TPSA) is 72.7 Å². The van der Waals surface area contributed by atoms with Gasteiger partial charge in [-0.1, -0.05) is 0 Å². The van der Waals surface area contributed by atoms with E-state index in [2.05, 4.69) is 24.8 Å². The second-order valence-electron chi connectivity index (χ2n) is 4.58. The van der Waals surface area contributed by atoms with Gasteiger partial charge in [0.05, 0.1) is 0 Å². The van der Waals surface area contributed by atoms with Gasteiger partial charge in [-0.15, -0.1) is 0 Å². The van der Waals surface area contributed by atoms with Crippen molar-refractivity contribution < 1.29 is 4.79 Å². The molecule has 0 aromatic carbocycles. The number of hydrogen-bond acceptors (Lipinski definition) is 4. The molecule has 0 saturated heterocycles. The molecule has 2 heterocycles. The molecule has 0 bridgehead atoms. The Bertz CT molecular complexity index is 561. The highest BCUT2D eigenvalue weighted by molar-refractivity contribution is 5.90. The van der Waals surface area contributed by atoms with E-state index in [1.807, 2.05) is 12.4 Å². The summed E-state index contributed by atoms with van der Waals surface area (Å²) in [5, 5.41) is 2.81. The third-order valence-corrected chi connectivity index (χ3v) is 3.10. The maximum Gasteiger partial charge on any atom is 0.289 e. The molecule has 1 saturated carbocycles. The quantitative estimate of drug-likeness (QED) is 0.866. The zero-order valence-corrected chi connectivity index (χ0v) is 10.5. The lowest BCUT2D eigenvalue weighted by Gasteiger charge is -2.07. The summed E-state index contributed by atoms with van der Waals surface area (Å²) in [6, 6.07) is 1.68. The van der Waals surface area contributed by atoms with Crippen molar-refractivity contribution >= 4 is 5.91 Å². The highest BCUT2D eigenvalue weighted by atomic mass is 16.2. The van der Waals surface area contributed by atoms with Crippen molar-refractivity contribution in [2.24, 2.45) is 0 Å². The predicted molar refractivity (Wildman–Crippen MR) is 68.6 cm³/mol. The first kappa shape index (κ1) is 11.8. The van der Waals surface area contributed by atoms with Crippen LogP contribution < -0.4 is 5.32 Å². The van der Waals surface area contributed by atoms with Gasteiger partial charge in [0.2, 0.25) is 5.82 Å². The number of hydrogen-bond donors (Lipinski definition) is 1. The van der Waals surface area contributed by atoms with E-state index in [1.54, 1.807) is 18.5 Å². The Morgan fingerprint density at radius 1 is 1.26 bits per heavy atom. The predicted octanol–water partition coefficient (Wildman–Crippen LogP) is 0.980. The molecular weight excluding hydrogens is 242 g/mol. The van der Waals surface area contributed by atoms with Crippen LogP contribution in [0.5, 0.6) is 0 Å². The Hall–Kier alpha value is -2.24. The first-order valence-corrected chi connectivity index (χ1v) is 6.41. The molecule has 6 heteroatoms. The Labute approximate surface area is 110 Å². The summed E-state index contributed by atoms with van der Waals surface area (Å²) in [5.41, 5.74) is 0. The fraction of sp³-hybridized carbons (Fsp3) is 0.385. The van der Waals surface area contributed by atoms with Gasteiger partial charge in [0.15, 0.2) is 0 Å². The van der Waals surface area contributed by atoms with Crippen molar-refractivity contribution in [2.75, 3.05) is 6.54 Å². The highest BCUT2D eigenvalue weighted by Gasteiger charge is 2.27. The number of nitrogens with one attached hydrogen (secondary N) is 1. The first-order valence-electron chi connectivity index (χ1n) is 6.41. The minimum Gasteiger partial charge on any atom is -0.348 e. The summed E-state index contributed by atoms with van der Waals surface area (Å²) in [7, 11) is 0. The Morgan fingerprint density at radius 2 is 2.05 bits per heavy atom. The van der Waals surface area contributed by atoms with Crippen molar-refractivity contribution in [3.63, 3.8) is 0 Å². The van der Waals surface area contributed by atoms with Crippen LogP contribution in [-0.2, 0) is 6.54 Å². The molecule has 1 aliphatic rings. The lowest BCUT2D eigenvalue weighted by atomic mass is 10.4. The molecule has 0 spiro atoms. The standard InChI is InChI=1S/C13H15N5O/c19-13(11-14-4-1-5-15-11)17-7-9-18-8-6-16-12(18)10-2-3-10/h1,4-6,8,10H,2-3,7,9H2,(H,17,19). The molecule has 2 aromatic heterocycles. The summed E-state index contributed by atoms with van der Waals surface area (Å²) in [6.45, 7) is 1.28. The molecule has 19 heavy (non-hydrogen) atoms. The maximum absolute atomic E-state index is 11.7. The number of carbonyl (C=O) groups is 1. The molecule has 0 atom stereocenters. The summed E-state index contributed by atoms with van der Waals surface area (Å²) < 4.78 is 2.10. The number of aromatic nitrogens is 4. The number of nitrogens with zero attached hydrogens (tertiary/aromatic N) is 4. The van der Waals surface area contributed by atoms with E-state index in [1.165, 1.54) is 12.8 Å². The van der Waals surface area contributed by atoms with E-state index in [-0.39, 0.29) is 11.7 Å². The Balaban J connectivity index is 1.53. The molecule has 3 rings (SSSR count). The Kier molecular flexibility index (Phi) is 3.22. The summed E-state index contributed by atoms with van der Waals surface area (Å²) in [6.07, 6.45) is 9.34. The molecule has 6 nitrogen and oxygen atoms in total. The lowest BCUT2D eigenvalue weighted by Crippen LogP contribution is -2.28. The molecule has 0 unspecified atom stereocenters. The van der Waals surface area contributed by atoms with E-state index >= 15 is 0 Å². The fourth-order valence-corrected chi connectivity index (χ4v) is 2.00. The number of imidazole rings is 1. The third kappa shape index (κ3) is 2.78. The molecule has 1 amide bonds. The second-order valence-corrected chi connectivity index (χ2v) is 4.58. The monoisotopic (exact) mass is 257 g/mol. The van der Waals surface area contributed by atoms with Gasteiger partial charge in [-0.2, -0.15) is 0 Å². The van der Waals surface area contributed by atoms with Crippen molar-refractivity contribution in [2.45, 2.75) is 25.3 Å². The van der Waals surface area contributed by atoms with Crippen molar-refractivity contribution in [1.29, 1.82) is 0 Å². The van der Waals surface area contributed by atoms with Crippen LogP contribution in [0.15, 0.2) is 30.9 Å². The van der Waals surface area contributed by atoms with Gasteiger partial charge in [-0.25, -0.2) is 15.0 Å². The van der Waals surface area contributed by atoms with Crippen LogP contribution in [0.25, 0.3) is 0 Å². The number of amides is 1. The normalized spacial score (nSPS) is 14.3. The number of rotatable bonds is 5. The van der Waals surface area contributed by atoms with Crippen LogP contribution in [0.1, 0.15) is 35.2 Å². The van der Waals surface area contributed by atoms with Crippen LogP contribution in [0.3, 0.4) is 0 Å². The van der Waals surface area contributed by atoms with Crippen LogP contribution in [0, 0.1) is 0 Å². The SMILES string of the molecule is O=C(NCCn1ccnc1C1CC1)c1ncccn1. The summed E-state index contributed by atoms with van der Waals surface area (Å²) in [4.78, 5) is 23.9. The van der Waals surface area contributed by atoms with Crippen molar-refractivity contribution in [3.8, 4) is 0 Å². The fourth-order valence-electron chi connectivity index (χ4n) is 2.00. The first-order chi connectivity index (χ1) is 9.34. The molecule has 0 radical (unpaired) electrons. The van der Waals surface area contributed by atoms with E-state index in [9.17, 15) is 4.79 Å². The minimum atomic E-state index is -0.242. The van der Waals surface area contributed by atoms with Gasteiger partial charge in [0, 0.05) is 43.8 Å². The van der Waals surface area contributed by atoms with E-state index in [0.29, 0.717) is 12.5 Å². The van der Waals surface area contributed by atoms with E-state index in [0.717, 1.165) is 12.4 Å². The molecule has 2 aromatic rings. The van der Waals surface area contributed by atoms with Crippen LogP contribution >= 0.6 is 0 Å². The van der Waals surface area contributed by atoms with Gasteiger partial charge < -0.3 is 9.88 Å². The van der Waals surface area contributed by atoms with Crippen LogP contribution in [0.4, 0.5) is 0 Å². The average molecular weight is 257 g/mol. The molecule has 0 aliphatic heterocycles. The third-order valence-electron chi connectivity index (χ3n) is 3.10. The van der Waals surface area contributed by atoms with E-state index in [4.69, 9.17) is 0 Å². The average Bonchev–Trinajstić information content (AvgIpc) is 3.19. The largest absolute Gasteiger partial charge is 0.348 e. The van der Waals surface area contributed by atoms with Crippen molar-refractivity contribution in [3.05, 3.63) is 42.5 Å². The molecule has 1 aliphatic carbocycles. The highest BCUT2D eigenvalue weighted by Crippen LogP contribution is 2.38. The number of carbonyl (C=O) groups excluding carboxylic acids is 1. The Morgan fingerprint density at radius 3 is 2.79 bits per heavy atom. The lowest BCUT2D eigenvalue weighted by molar-refractivity contribution is 0.0941. The zero-order chi connectivity index (χ0) is 13.1. The molecule has 1 N–H and O–H groups in total. The summed E-state index contributed by atoms with van der Waals surface area (Å²) in [5.74, 6) is 1.71. The molecular formula is C13H15N5O. The van der Waals surface area contributed by atoms with Gasteiger partial charge >= 0.3 is 0 Å². The van der Waals surface area contributed by atoms with Gasteiger partial charge in [-0.3, -0.25) is 4.79 Å². The minimum absolute atomic E-state index is 0.204. The maximum atomic E-state index is 11.7. The van der Waals surface area contributed by atoms with Crippen molar-refractivity contribution in [1.82, 2.24) is 24.8 Å². The van der Waals surface area contributed by atoms with Crippen LogP contribution in [0.2, 0.25) is 0 Å². The molecule has 98 valence electrons. The van der Waals surface area contributed by atoms with Gasteiger partial charge in [0.1, 0.15) is 5.82 Å². The van der Waals surface area contributed by atoms with Crippen LogP contribution in [-0.4, -0.2) is 32.0 Å². The van der Waals surface area contributed by atoms with E-state index < -0.39 is 0 Å². The van der Waals surface area contributed by atoms with Gasteiger partial charge in [-0.05, 0) is 18.9 Å². The summed E-state index contributed by atoms with van der Waals surface area (Å²) >= 11 is 0. The smallest absolute Gasteiger partial charge is 0.289 e.